The summed E-state index contributed by atoms with van der Waals surface area (Å²) < 4.78 is 5.85. The molecule has 0 aliphatic carbocycles. The van der Waals surface area contributed by atoms with Crippen molar-refractivity contribution in [2.45, 2.75) is 32.2 Å². The molecule has 1 aromatic carbocycles. The van der Waals surface area contributed by atoms with Gasteiger partial charge in [0.15, 0.2) is 0 Å². The van der Waals surface area contributed by atoms with Gasteiger partial charge in [0, 0.05) is 11.8 Å². The maximum Gasteiger partial charge on any atom is 0.231 e. The lowest BCUT2D eigenvalue weighted by Gasteiger charge is -2.33. The third kappa shape index (κ3) is 4.08. The van der Waals surface area contributed by atoms with E-state index in [1.807, 2.05) is 43.3 Å². The van der Waals surface area contributed by atoms with Crippen LogP contribution in [0.4, 0.5) is 0 Å². The van der Waals surface area contributed by atoms with Gasteiger partial charge in [0.1, 0.15) is 11.6 Å². The number of piperidine rings is 1. The van der Waals surface area contributed by atoms with Crippen molar-refractivity contribution in [3.05, 3.63) is 47.9 Å². The number of primary amides is 1. The number of para-hydroxylation sites is 1. The lowest BCUT2D eigenvalue weighted by molar-refractivity contribution is -0.120. The zero-order valence-electron chi connectivity index (χ0n) is 13.8. The minimum Gasteiger partial charge on any atom is -0.439 e. The van der Waals surface area contributed by atoms with Crippen molar-refractivity contribution in [1.29, 1.82) is 0 Å². The number of amides is 1. The number of nitrogens with zero attached hydrogens (tertiary/aromatic N) is 3. The Balaban J connectivity index is 1.85. The number of hydrogen-bond donors (Lipinski definition) is 1. The van der Waals surface area contributed by atoms with E-state index in [4.69, 9.17) is 10.5 Å². The molecular weight excluding hydrogens is 304 g/mol. The van der Waals surface area contributed by atoms with Crippen molar-refractivity contribution in [2.75, 3.05) is 13.1 Å². The van der Waals surface area contributed by atoms with Crippen molar-refractivity contribution in [1.82, 2.24) is 14.9 Å². The molecule has 0 radical (unpaired) electrons. The van der Waals surface area contributed by atoms with Gasteiger partial charge in [-0.3, -0.25) is 9.69 Å². The molecule has 1 fully saturated rings. The number of likely N-dealkylation sites (tertiary alicyclic amines) is 1. The normalized spacial score (nSPS) is 18.3. The summed E-state index contributed by atoms with van der Waals surface area (Å²) in [5.41, 5.74) is 6.22. The van der Waals surface area contributed by atoms with E-state index >= 15 is 0 Å². The molecule has 24 heavy (non-hydrogen) atoms. The smallest absolute Gasteiger partial charge is 0.231 e. The van der Waals surface area contributed by atoms with E-state index in [0.29, 0.717) is 11.7 Å². The SMILES string of the molecule is Cc1cc(Oc2ccccc2)nc(C2CCCCN2CC(N)=O)n1. The average molecular weight is 326 g/mol. The molecule has 6 heteroatoms. The molecule has 1 amide bonds. The first kappa shape index (κ1) is 16.4. The molecule has 2 heterocycles. The van der Waals surface area contributed by atoms with E-state index in [2.05, 4.69) is 14.9 Å². The number of rotatable bonds is 5. The van der Waals surface area contributed by atoms with Gasteiger partial charge < -0.3 is 10.5 Å². The maximum atomic E-state index is 11.3. The highest BCUT2D eigenvalue weighted by Crippen LogP contribution is 2.30. The molecule has 1 aromatic heterocycles. The van der Waals surface area contributed by atoms with Crippen LogP contribution in [-0.4, -0.2) is 33.9 Å². The summed E-state index contributed by atoms with van der Waals surface area (Å²) >= 11 is 0. The zero-order chi connectivity index (χ0) is 16.9. The Morgan fingerprint density at radius 2 is 2.08 bits per heavy atom. The van der Waals surface area contributed by atoms with Crippen LogP contribution in [0.25, 0.3) is 0 Å². The molecule has 126 valence electrons. The number of hydrogen-bond acceptors (Lipinski definition) is 5. The van der Waals surface area contributed by atoms with Crippen LogP contribution in [0.3, 0.4) is 0 Å². The van der Waals surface area contributed by atoms with Gasteiger partial charge in [-0.1, -0.05) is 24.6 Å². The second-order valence-electron chi connectivity index (χ2n) is 6.07. The molecule has 2 aromatic rings. The highest BCUT2D eigenvalue weighted by Gasteiger charge is 2.27. The number of nitrogens with two attached hydrogens (primary N) is 1. The molecule has 0 spiro atoms. The number of carbonyl (C=O) groups excluding carboxylic acids is 1. The Labute approximate surface area is 141 Å². The minimum atomic E-state index is -0.324. The summed E-state index contributed by atoms with van der Waals surface area (Å²) in [7, 11) is 0. The van der Waals surface area contributed by atoms with Crippen LogP contribution in [0.5, 0.6) is 11.6 Å². The van der Waals surface area contributed by atoms with Gasteiger partial charge in [-0.05, 0) is 38.4 Å². The summed E-state index contributed by atoms with van der Waals surface area (Å²) in [5.74, 6) is 1.63. The van der Waals surface area contributed by atoms with E-state index in [9.17, 15) is 4.79 Å². The van der Waals surface area contributed by atoms with Crippen LogP contribution in [0.1, 0.15) is 36.8 Å². The van der Waals surface area contributed by atoms with Crippen LogP contribution in [0, 0.1) is 6.92 Å². The van der Waals surface area contributed by atoms with Gasteiger partial charge in [-0.2, -0.15) is 4.98 Å². The summed E-state index contributed by atoms with van der Waals surface area (Å²) in [5, 5.41) is 0. The number of benzene rings is 1. The number of aryl methyl sites for hydroxylation is 1. The third-order valence-electron chi connectivity index (χ3n) is 4.08. The molecule has 3 rings (SSSR count). The molecule has 1 aliphatic rings. The Bertz CT molecular complexity index is 705. The van der Waals surface area contributed by atoms with Gasteiger partial charge in [-0.15, -0.1) is 0 Å². The second-order valence-corrected chi connectivity index (χ2v) is 6.07. The van der Waals surface area contributed by atoms with Gasteiger partial charge in [0.05, 0.1) is 12.6 Å². The highest BCUT2D eigenvalue weighted by molar-refractivity contribution is 5.76. The average Bonchev–Trinajstić information content (AvgIpc) is 2.55. The predicted octanol–water partition coefficient (Wildman–Crippen LogP) is 2.59. The zero-order valence-corrected chi connectivity index (χ0v) is 13.8. The highest BCUT2D eigenvalue weighted by atomic mass is 16.5. The Kier molecular flexibility index (Phi) is 5.05. The molecule has 2 N–H and O–H groups in total. The van der Waals surface area contributed by atoms with Crippen LogP contribution < -0.4 is 10.5 Å². The van der Waals surface area contributed by atoms with Crippen molar-refractivity contribution < 1.29 is 9.53 Å². The van der Waals surface area contributed by atoms with Gasteiger partial charge in [0.2, 0.25) is 11.8 Å². The minimum absolute atomic E-state index is 0.00396. The summed E-state index contributed by atoms with van der Waals surface area (Å²) in [6.45, 7) is 2.99. The quantitative estimate of drug-likeness (QED) is 0.913. The second kappa shape index (κ2) is 7.40. The fourth-order valence-electron chi connectivity index (χ4n) is 3.05. The van der Waals surface area contributed by atoms with E-state index in [-0.39, 0.29) is 18.5 Å². The standard InChI is InChI=1S/C18H22N4O2/c1-13-11-17(24-14-7-3-2-4-8-14)21-18(20-13)15-9-5-6-10-22(15)12-16(19)23/h2-4,7-8,11,15H,5-6,9-10,12H2,1H3,(H2,19,23). The third-order valence-corrected chi connectivity index (χ3v) is 4.08. The first-order valence-electron chi connectivity index (χ1n) is 8.22. The molecule has 1 saturated heterocycles. The number of aromatic nitrogens is 2. The molecular formula is C18H22N4O2. The Morgan fingerprint density at radius 3 is 2.83 bits per heavy atom. The largest absolute Gasteiger partial charge is 0.439 e. The van der Waals surface area contributed by atoms with E-state index in [0.717, 1.165) is 37.3 Å². The molecule has 1 aliphatic heterocycles. The first-order chi connectivity index (χ1) is 11.6. The van der Waals surface area contributed by atoms with E-state index in [1.165, 1.54) is 0 Å². The lowest BCUT2D eigenvalue weighted by Crippen LogP contribution is -2.40. The van der Waals surface area contributed by atoms with E-state index in [1.54, 1.807) is 0 Å². The first-order valence-corrected chi connectivity index (χ1v) is 8.22. The predicted molar refractivity (Wildman–Crippen MR) is 90.6 cm³/mol. The lowest BCUT2D eigenvalue weighted by atomic mass is 10.0. The van der Waals surface area contributed by atoms with Gasteiger partial charge >= 0.3 is 0 Å². The molecule has 1 atom stereocenters. The van der Waals surface area contributed by atoms with Gasteiger partial charge in [0.25, 0.3) is 0 Å². The number of ether oxygens (including phenoxy) is 1. The van der Waals surface area contributed by atoms with Crippen LogP contribution in [0.2, 0.25) is 0 Å². The fourth-order valence-corrected chi connectivity index (χ4v) is 3.05. The van der Waals surface area contributed by atoms with Crippen LogP contribution in [0.15, 0.2) is 36.4 Å². The van der Waals surface area contributed by atoms with Crippen molar-refractivity contribution in [3.63, 3.8) is 0 Å². The molecule has 0 saturated carbocycles. The molecule has 0 bridgehead atoms. The van der Waals surface area contributed by atoms with Crippen molar-refractivity contribution in [2.24, 2.45) is 5.73 Å². The Hall–Kier alpha value is -2.47. The van der Waals surface area contributed by atoms with Crippen LogP contribution >= 0.6 is 0 Å². The monoisotopic (exact) mass is 326 g/mol. The Morgan fingerprint density at radius 1 is 1.29 bits per heavy atom. The molecule has 6 nitrogen and oxygen atoms in total. The van der Waals surface area contributed by atoms with Crippen LogP contribution in [-0.2, 0) is 4.79 Å². The maximum absolute atomic E-state index is 11.3. The number of carbonyl (C=O) groups is 1. The topological polar surface area (TPSA) is 81.3 Å². The molecule has 1 unspecified atom stereocenters. The van der Waals surface area contributed by atoms with Crippen molar-refractivity contribution in [3.8, 4) is 11.6 Å². The van der Waals surface area contributed by atoms with Gasteiger partial charge in [-0.25, -0.2) is 4.98 Å². The summed E-state index contributed by atoms with van der Waals surface area (Å²) in [6.07, 6.45) is 3.07. The van der Waals surface area contributed by atoms with Crippen molar-refractivity contribution >= 4 is 5.91 Å². The van der Waals surface area contributed by atoms with E-state index < -0.39 is 0 Å². The summed E-state index contributed by atoms with van der Waals surface area (Å²) in [6, 6.07) is 11.4. The summed E-state index contributed by atoms with van der Waals surface area (Å²) in [4.78, 5) is 22.6. The fraction of sp³-hybridized carbons (Fsp3) is 0.389.